The Morgan fingerprint density at radius 2 is 1.82 bits per heavy atom. The Labute approximate surface area is 130 Å². The van der Waals surface area contributed by atoms with Crippen LogP contribution in [-0.2, 0) is 0 Å². The second-order valence-corrected chi connectivity index (χ2v) is 5.76. The molecule has 114 valence electrons. The van der Waals surface area contributed by atoms with Gasteiger partial charge < -0.3 is 5.73 Å². The summed E-state index contributed by atoms with van der Waals surface area (Å²) in [7, 11) is 0. The summed E-state index contributed by atoms with van der Waals surface area (Å²) in [6.45, 7) is -0.347. The topological polar surface area (TPSA) is 112 Å². The van der Waals surface area contributed by atoms with E-state index in [-0.39, 0.29) is 12.2 Å². The highest BCUT2D eigenvalue weighted by atomic mass is 32.2. The zero-order valence-corrected chi connectivity index (χ0v) is 12.2. The number of rotatable bonds is 6. The molecule has 2 rings (SSSR count). The monoisotopic (exact) mass is 319 g/mol. The van der Waals surface area contributed by atoms with E-state index in [1.54, 1.807) is 30.3 Å². The molecule has 0 aliphatic heterocycles. The molecule has 0 saturated heterocycles. The molecule has 2 aromatic rings. The average molecular weight is 319 g/mol. The highest BCUT2D eigenvalue weighted by Crippen LogP contribution is 2.38. The number of nitrogen functional groups attached to an aromatic ring is 1. The van der Waals surface area contributed by atoms with E-state index in [2.05, 4.69) is 0 Å². The molecule has 0 fully saturated rings. The summed E-state index contributed by atoms with van der Waals surface area (Å²) in [4.78, 5) is 21.5. The van der Waals surface area contributed by atoms with Gasteiger partial charge in [0.1, 0.15) is 0 Å². The van der Waals surface area contributed by atoms with Crippen LogP contribution in [-0.4, -0.2) is 16.4 Å². The quantitative estimate of drug-likeness (QED) is 0.378. The molecule has 1 atom stereocenters. The minimum atomic E-state index is -0.556. The number of hydrogen-bond acceptors (Lipinski definition) is 6. The van der Waals surface area contributed by atoms with Crippen LogP contribution in [0.1, 0.15) is 10.8 Å². The number of nitrogens with two attached hydrogens (primary N) is 1. The summed E-state index contributed by atoms with van der Waals surface area (Å²) in [5.41, 5.74) is 6.81. The van der Waals surface area contributed by atoms with Gasteiger partial charge in [0.25, 0.3) is 5.69 Å². The van der Waals surface area contributed by atoms with Crippen molar-refractivity contribution in [2.75, 3.05) is 12.3 Å². The molecule has 0 heterocycles. The van der Waals surface area contributed by atoms with Crippen molar-refractivity contribution in [3.63, 3.8) is 0 Å². The molecule has 2 aromatic carbocycles. The largest absolute Gasteiger partial charge is 0.398 e. The Balaban J connectivity index is 2.34. The summed E-state index contributed by atoms with van der Waals surface area (Å²) in [5.74, 6) is 0. The Bertz CT molecular complexity index is 708. The lowest BCUT2D eigenvalue weighted by Gasteiger charge is -2.14. The number of anilines is 1. The van der Waals surface area contributed by atoms with E-state index >= 15 is 0 Å². The van der Waals surface area contributed by atoms with E-state index < -0.39 is 15.1 Å². The van der Waals surface area contributed by atoms with Gasteiger partial charge in [-0.15, -0.1) is 11.8 Å². The predicted molar refractivity (Wildman–Crippen MR) is 84.4 cm³/mol. The number of para-hydroxylation sites is 1. The molecule has 0 aliphatic carbocycles. The van der Waals surface area contributed by atoms with Gasteiger partial charge in [-0.2, -0.15) is 0 Å². The van der Waals surface area contributed by atoms with E-state index in [1.807, 2.05) is 0 Å². The fourth-order valence-electron chi connectivity index (χ4n) is 1.93. The molecule has 22 heavy (non-hydrogen) atoms. The minimum Gasteiger partial charge on any atom is -0.398 e. The van der Waals surface area contributed by atoms with E-state index in [1.165, 1.54) is 30.0 Å². The van der Waals surface area contributed by atoms with Crippen molar-refractivity contribution in [2.45, 2.75) is 10.1 Å². The highest BCUT2D eigenvalue weighted by molar-refractivity contribution is 7.99. The third-order valence-electron chi connectivity index (χ3n) is 2.96. The number of benzene rings is 2. The first-order valence-corrected chi connectivity index (χ1v) is 7.22. The van der Waals surface area contributed by atoms with Crippen molar-refractivity contribution in [1.29, 1.82) is 0 Å². The summed E-state index contributed by atoms with van der Waals surface area (Å²) in [5, 5.41) is 21.2. The SMILES string of the molecule is Nc1ccccc1SC(C[N+](=O)[O-])c1cccc([N+](=O)[O-])c1. The maximum absolute atomic E-state index is 10.9. The number of hydrogen-bond donors (Lipinski definition) is 1. The van der Waals surface area contributed by atoms with Crippen molar-refractivity contribution in [3.05, 3.63) is 74.3 Å². The second kappa shape index (κ2) is 6.90. The number of nitro groups is 2. The predicted octanol–water partition coefficient (Wildman–Crippen LogP) is 3.29. The summed E-state index contributed by atoms with van der Waals surface area (Å²) in [6, 6.07) is 12.9. The summed E-state index contributed by atoms with van der Waals surface area (Å²) in [6.07, 6.45) is 0. The number of nitrogens with zero attached hydrogens (tertiary/aromatic N) is 2. The van der Waals surface area contributed by atoms with Crippen LogP contribution in [0.15, 0.2) is 53.4 Å². The number of nitro benzene ring substituents is 1. The zero-order chi connectivity index (χ0) is 16.1. The first-order valence-electron chi connectivity index (χ1n) is 6.34. The molecule has 0 saturated carbocycles. The normalized spacial score (nSPS) is 11.8. The van der Waals surface area contributed by atoms with Gasteiger partial charge in [-0.3, -0.25) is 20.2 Å². The smallest absolute Gasteiger partial charge is 0.269 e. The zero-order valence-electron chi connectivity index (χ0n) is 11.4. The highest BCUT2D eigenvalue weighted by Gasteiger charge is 2.22. The molecule has 0 radical (unpaired) electrons. The lowest BCUT2D eigenvalue weighted by atomic mass is 10.1. The van der Waals surface area contributed by atoms with Gasteiger partial charge in [-0.25, -0.2) is 0 Å². The Kier molecular flexibility index (Phi) is 4.95. The van der Waals surface area contributed by atoms with Crippen LogP contribution < -0.4 is 5.73 Å². The van der Waals surface area contributed by atoms with Gasteiger partial charge >= 0.3 is 0 Å². The van der Waals surface area contributed by atoms with Crippen molar-refractivity contribution < 1.29 is 9.85 Å². The minimum absolute atomic E-state index is 0.0903. The third-order valence-corrected chi connectivity index (χ3v) is 4.29. The van der Waals surface area contributed by atoms with E-state index in [0.717, 1.165) is 0 Å². The van der Waals surface area contributed by atoms with Gasteiger partial charge in [0, 0.05) is 27.6 Å². The van der Waals surface area contributed by atoms with Crippen LogP contribution >= 0.6 is 11.8 Å². The second-order valence-electron chi connectivity index (χ2n) is 4.51. The third kappa shape index (κ3) is 3.95. The molecule has 0 aromatic heterocycles. The first-order chi connectivity index (χ1) is 10.5. The van der Waals surface area contributed by atoms with Gasteiger partial charge in [0.15, 0.2) is 0 Å². The Morgan fingerprint density at radius 3 is 2.45 bits per heavy atom. The standard InChI is InChI=1S/C14H13N3O4S/c15-12-6-1-2-7-13(12)22-14(9-16(18)19)10-4-3-5-11(8-10)17(20)21/h1-8,14H,9,15H2. The van der Waals surface area contributed by atoms with Crippen LogP contribution in [0.25, 0.3) is 0 Å². The number of non-ortho nitro benzene ring substituents is 1. The van der Waals surface area contributed by atoms with Crippen molar-refractivity contribution in [3.8, 4) is 0 Å². The lowest BCUT2D eigenvalue weighted by molar-refractivity contribution is -0.479. The Morgan fingerprint density at radius 1 is 1.09 bits per heavy atom. The van der Waals surface area contributed by atoms with E-state index in [9.17, 15) is 20.2 Å². The molecule has 7 nitrogen and oxygen atoms in total. The summed E-state index contributed by atoms with van der Waals surface area (Å²) < 4.78 is 0. The van der Waals surface area contributed by atoms with Crippen molar-refractivity contribution >= 4 is 23.1 Å². The van der Waals surface area contributed by atoms with Gasteiger partial charge in [-0.1, -0.05) is 24.3 Å². The van der Waals surface area contributed by atoms with Gasteiger partial charge in [0.2, 0.25) is 6.54 Å². The molecule has 1 unspecified atom stereocenters. The molecule has 0 aliphatic rings. The van der Waals surface area contributed by atoms with Crippen molar-refractivity contribution in [2.24, 2.45) is 0 Å². The van der Waals surface area contributed by atoms with E-state index in [4.69, 9.17) is 5.73 Å². The lowest BCUT2D eigenvalue weighted by Crippen LogP contribution is -2.10. The maximum atomic E-state index is 10.9. The van der Waals surface area contributed by atoms with Crippen LogP contribution in [0.3, 0.4) is 0 Å². The molecule has 0 amide bonds. The van der Waals surface area contributed by atoms with Crippen molar-refractivity contribution in [1.82, 2.24) is 0 Å². The molecular weight excluding hydrogens is 306 g/mol. The fourth-order valence-corrected chi connectivity index (χ4v) is 3.07. The number of thioether (sulfide) groups is 1. The average Bonchev–Trinajstić information content (AvgIpc) is 2.48. The van der Waals surface area contributed by atoms with Crippen LogP contribution in [0.5, 0.6) is 0 Å². The van der Waals surface area contributed by atoms with Gasteiger partial charge in [0.05, 0.1) is 10.2 Å². The van der Waals surface area contributed by atoms with Gasteiger partial charge in [-0.05, 0) is 17.7 Å². The van der Waals surface area contributed by atoms with Crippen LogP contribution in [0.4, 0.5) is 11.4 Å². The Hall–Kier alpha value is -2.61. The van der Waals surface area contributed by atoms with Crippen LogP contribution in [0, 0.1) is 20.2 Å². The molecular formula is C14H13N3O4S. The molecule has 8 heteroatoms. The summed E-state index contributed by atoms with van der Waals surface area (Å²) >= 11 is 1.23. The molecule has 2 N–H and O–H groups in total. The molecule has 0 spiro atoms. The first kappa shape index (κ1) is 15.8. The molecule has 0 bridgehead atoms. The fraction of sp³-hybridized carbons (Fsp3) is 0.143. The van der Waals surface area contributed by atoms with E-state index in [0.29, 0.717) is 16.1 Å². The maximum Gasteiger partial charge on any atom is 0.269 e. The van der Waals surface area contributed by atoms with Crippen LogP contribution in [0.2, 0.25) is 0 Å².